The Morgan fingerprint density at radius 3 is 2.33 bits per heavy atom. The number of thiazole rings is 1. The van der Waals surface area contributed by atoms with Gasteiger partial charge in [0.2, 0.25) is 27.7 Å². The van der Waals surface area contributed by atoms with E-state index in [4.69, 9.17) is 9.88 Å². The van der Waals surface area contributed by atoms with Crippen molar-refractivity contribution in [1.29, 1.82) is 0 Å². The number of nitrogens with one attached hydrogen (secondary N) is 2. The number of carbonyl (C=O) groups excluding carboxylic acids is 3. The van der Waals surface area contributed by atoms with E-state index in [0.717, 1.165) is 32.5 Å². The van der Waals surface area contributed by atoms with Gasteiger partial charge in [-0.05, 0) is 73.1 Å². The number of nitrogens with two attached hydrogens (primary N) is 1. The first-order valence-electron chi connectivity index (χ1n) is 13.8. The minimum absolute atomic E-state index is 0.0364. The molecule has 224 valence electrons. The van der Waals surface area contributed by atoms with Gasteiger partial charge >= 0.3 is 4.87 Å². The Hall–Kier alpha value is -3.46. The van der Waals surface area contributed by atoms with Gasteiger partial charge in [-0.15, -0.1) is 11.8 Å². The van der Waals surface area contributed by atoms with E-state index in [2.05, 4.69) is 10.3 Å². The molecule has 1 aromatic heterocycles. The number of methoxy groups -OCH3 is 1. The van der Waals surface area contributed by atoms with Crippen LogP contribution in [0.4, 0.5) is 5.69 Å². The molecule has 3 amide bonds. The maximum Gasteiger partial charge on any atom is 0.305 e. The monoisotopic (exact) mass is 640 g/mol. The van der Waals surface area contributed by atoms with E-state index >= 15 is 0 Å². The highest BCUT2D eigenvalue weighted by molar-refractivity contribution is 8.00. The van der Waals surface area contributed by atoms with Crippen molar-refractivity contribution >= 4 is 56.5 Å². The summed E-state index contributed by atoms with van der Waals surface area (Å²) < 4.78 is 28.4. The molecule has 8 atom stereocenters. The second-order valence-electron chi connectivity index (χ2n) is 11.5. The smallest absolute Gasteiger partial charge is 0.305 e. The average molecular weight is 641 g/mol. The van der Waals surface area contributed by atoms with Gasteiger partial charge in [-0.3, -0.25) is 24.1 Å². The van der Waals surface area contributed by atoms with Crippen LogP contribution >= 0.6 is 23.1 Å². The summed E-state index contributed by atoms with van der Waals surface area (Å²) in [6, 6.07) is 12.1. The molecule has 3 aromatic rings. The number of rotatable bonds is 6. The SMILES string of the molecule is COc1ccc(C2c3sc(=O)[nH]c3SC3C4CC(C5C(=O)N(C(C)C(=O)Nc6ccc(S(N)(=O)=O)cc6)C(=O)C45)C23)cc1. The number of benzene rings is 2. The molecule has 0 radical (unpaired) electrons. The third-order valence-corrected chi connectivity index (χ3v) is 13.0. The third-order valence-electron chi connectivity index (χ3n) is 9.45. The zero-order valence-electron chi connectivity index (χ0n) is 23.1. The van der Waals surface area contributed by atoms with Gasteiger partial charge in [-0.2, -0.15) is 0 Å². The molecule has 2 aromatic carbocycles. The lowest BCUT2D eigenvalue weighted by atomic mass is 9.68. The highest BCUT2D eigenvalue weighted by Crippen LogP contribution is 2.68. The molecule has 8 unspecified atom stereocenters. The van der Waals surface area contributed by atoms with Gasteiger partial charge in [0.1, 0.15) is 11.8 Å². The lowest BCUT2D eigenvalue weighted by molar-refractivity contribution is -0.146. The number of primary sulfonamides is 1. The number of imide groups is 1. The largest absolute Gasteiger partial charge is 0.497 e. The number of ether oxygens (including phenoxy) is 1. The average Bonchev–Trinajstić information content (AvgIpc) is 3.71. The Bertz CT molecular complexity index is 1820. The fourth-order valence-electron chi connectivity index (χ4n) is 7.70. The van der Waals surface area contributed by atoms with E-state index in [0.29, 0.717) is 5.69 Å². The normalized spacial score (nSPS) is 29.7. The van der Waals surface area contributed by atoms with Crippen LogP contribution < -0.4 is 20.1 Å². The van der Waals surface area contributed by atoms with E-state index < -0.39 is 33.8 Å². The summed E-state index contributed by atoms with van der Waals surface area (Å²) in [5.74, 6) is -1.75. The van der Waals surface area contributed by atoms with Crippen molar-refractivity contribution in [3.63, 3.8) is 0 Å². The third kappa shape index (κ3) is 4.37. The standard InChI is InChI=1S/C29H28N4O7S3/c1-12(25(34)31-14-5-9-16(10-6-14)43(30,38)39)33-27(35)21-17-11-18(22(21)28(33)36)23-20(17)19(13-3-7-15(40-2)8-4-13)24-26(41-23)32-29(37)42-24/h3-10,12,17-23H,11H2,1-2H3,(H,31,34)(H,32,37)(H2,30,38,39). The molecule has 14 heteroatoms. The van der Waals surface area contributed by atoms with E-state index in [1.807, 2.05) is 24.3 Å². The predicted molar refractivity (Wildman–Crippen MR) is 159 cm³/mol. The van der Waals surface area contributed by atoms with Gasteiger partial charge < -0.3 is 15.0 Å². The quantitative estimate of drug-likeness (QED) is 0.346. The van der Waals surface area contributed by atoms with Gasteiger partial charge in [0, 0.05) is 21.7 Å². The topological polar surface area (TPSA) is 169 Å². The molecule has 11 nitrogen and oxygen atoms in total. The van der Waals surface area contributed by atoms with Crippen LogP contribution in [0.25, 0.3) is 0 Å². The number of anilines is 1. The summed E-state index contributed by atoms with van der Waals surface area (Å²) in [5, 5.41) is 8.69. The van der Waals surface area contributed by atoms with Crippen LogP contribution in [0.2, 0.25) is 0 Å². The highest BCUT2D eigenvalue weighted by Gasteiger charge is 2.70. The lowest BCUT2D eigenvalue weighted by Gasteiger charge is -2.43. The van der Waals surface area contributed by atoms with Crippen molar-refractivity contribution in [2.75, 3.05) is 12.4 Å². The zero-order valence-corrected chi connectivity index (χ0v) is 25.5. The molecular formula is C29H28N4O7S3. The Morgan fingerprint density at radius 1 is 1.05 bits per heavy atom. The number of carbonyl (C=O) groups is 3. The van der Waals surface area contributed by atoms with E-state index in [9.17, 15) is 27.6 Å². The zero-order chi connectivity index (χ0) is 30.4. The summed E-state index contributed by atoms with van der Waals surface area (Å²) >= 11 is 2.81. The molecule has 3 fully saturated rings. The summed E-state index contributed by atoms with van der Waals surface area (Å²) in [6.45, 7) is 1.52. The summed E-state index contributed by atoms with van der Waals surface area (Å²) in [4.78, 5) is 58.3. The fourth-order valence-corrected chi connectivity index (χ4v) is 11.1. The van der Waals surface area contributed by atoms with Crippen LogP contribution in [-0.4, -0.2) is 54.4 Å². The van der Waals surface area contributed by atoms with E-state index in [1.165, 1.54) is 42.5 Å². The van der Waals surface area contributed by atoms with Crippen molar-refractivity contribution in [3.05, 3.63) is 68.6 Å². The predicted octanol–water partition coefficient (Wildman–Crippen LogP) is 2.59. The van der Waals surface area contributed by atoms with Crippen molar-refractivity contribution in [2.45, 2.75) is 40.5 Å². The second kappa shape index (κ2) is 10.0. The van der Waals surface area contributed by atoms with Gasteiger partial charge in [0.25, 0.3) is 0 Å². The fraction of sp³-hybridized carbons (Fsp3) is 0.379. The first-order chi connectivity index (χ1) is 20.5. The Labute approximate surface area is 255 Å². The Balaban J connectivity index is 1.17. The van der Waals surface area contributed by atoms with Crippen molar-refractivity contribution in [1.82, 2.24) is 9.88 Å². The number of fused-ring (bicyclic) bond motifs is 9. The summed E-state index contributed by atoms with van der Waals surface area (Å²) in [6.07, 6.45) is 0.742. The number of hydrogen-bond acceptors (Lipinski definition) is 9. The number of aromatic nitrogens is 1. The lowest BCUT2D eigenvalue weighted by Crippen LogP contribution is -2.46. The molecule has 43 heavy (non-hydrogen) atoms. The van der Waals surface area contributed by atoms with Gasteiger partial charge in [-0.1, -0.05) is 23.5 Å². The van der Waals surface area contributed by atoms with Crippen LogP contribution in [0.1, 0.15) is 29.7 Å². The van der Waals surface area contributed by atoms with Crippen LogP contribution in [0.3, 0.4) is 0 Å². The maximum absolute atomic E-state index is 14.0. The Morgan fingerprint density at radius 2 is 1.70 bits per heavy atom. The summed E-state index contributed by atoms with van der Waals surface area (Å²) in [7, 11) is -2.28. The number of amides is 3. The van der Waals surface area contributed by atoms with Gasteiger partial charge in [0.05, 0.1) is 28.9 Å². The molecule has 2 aliphatic heterocycles. The first kappa shape index (κ1) is 28.3. The highest BCUT2D eigenvalue weighted by atomic mass is 32.2. The number of nitrogens with zero attached hydrogens (tertiary/aromatic N) is 1. The molecule has 2 saturated carbocycles. The Kier molecular flexibility index (Phi) is 6.61. The molecule has 7 rings (SSSR count). The molecule has 1 saturated heterocycles. The summed E-state index contributed by atoms with van der Waals surface area (Å²) in [5.41, 5.74) is 1.35. The molecule has 0 spiro atoms. The molecule has 3 heterocycles. The molecule has 4 N–H and O–H groups in total. The van der Waals surface area contributed by atoms with E-state index in [-0.39, 0.29) is 50.5 Å². The molecule has 2 bridgehead atoms. The number of likely N-dealkylation sites (tertiary alicyclic amines) is 1. The van der Waals surface area contributed by atoms with Crippen molar-refractivity contribution in [2.24, 2.45) is 34.7 Å². The van der Waals surface area contributed by atoms with Crippen LogP contribution in [0.15, 0.2) is 63.2 Å². The first-order valence-corrected chi connectivity index (χ1v) is 17.1. The number of hydrogen-bond donors (Lipinski definition) is 3. The maximum atomic E-state index is 14.0. The minimum Gasteiger partial charge on any atom is -0.497 e. The number of aromatic amines is 1. The van der Waals surface area contributed by atoms with Crippen molar-refractivity contribution in [3.8, 4) is 5.75 Å². The molecule has 4 aliphatic rings. The molecular weight excluding hydrogens is 613 g/mol. The number of sulfonamides is 1. The van der Waals surface area contributed by atoms with Crippen LogP contribution in [-0.2, 0) is 24.4 Å². The van der Waals surface area contributed by atoms with Crippen molar-refractivity contribution < 1.29 is 27.5 Å². The molecule has 2 aliphatic carbocycles. The number of H-pyrrole nitrogens is 1. The second-order valence-corrected chi connectivity index (χ2v) is 15.3. The number of thioether (sulfide) groups is 1. The van der Waals surface area contributed by atoms with Crippen LogP contribution in [0, 0.1) is 29.6 Å². The van der Waals surface area contributed by atoms with E-state index in [1.54, 1.807) is 18.9 Å². The van der Waals surface area contributed by atoms with Gasteiger partial charge in [0.15, 0.2) is 0 Å². The van der Waals surface area contributed by atoms with Gasteiger partial charge in [-0.25, -0.2) is 13.6 Å². The minimum atomic E-state index is -3.89. The van der Waals surface area contributed by atoms with Crippen LogP contribution in [0.5, 0.6) is 5.75 Å².